The van der Waals surface area contributed by atoms with Crippen molar-refractivity contribution in [2.24, 2.45) is 0 Å². The number of H-pyrrole nitrogens is 1. The van der Waals surface area contributed by atoms with Crippen LogP contribution in [0.25, 0.3) is 11.0 Å². The molecule has 0 saturated heterocycles. The predicted molar refractivity (Wildman–Crippen MR) is 125 cm³/mol. The lowest BCUT2D eigenvalue weighted by molar-refractivity contribution is 0.0699. The molecule has 0 spiro atoms. The van der Waals surface area contributed by atoms with E-state index in [9.17, 15) is 24.2 Å². The molecule has 0 radical (unpaired) electrons. The summed E-state index contributed by atoms with van der Waals surface area (Å²) in [6, 6.07) is 15.0. The number of amides is 2. The molecule has 3 N–H and O–H groups in total. The van der Waals surface area contributed by atoms with Crippen molar-refractivity contribution >= 4 is 46.3 Å². The number of fused-ring (bicyclic) bond motifs is 2. The molecule has 35 heavy (non-hydrogen) atoms. The lowest BCUT2D eigenvalue weighted by Gasteiger charge is -2.35. The predicted octanol–water partition coefficient (Wildman–Crippen LogP) is 4.66. The Labute approximate surface area is 202 Å². The van der Waals surface area contributed by atoms with Gasteiger partial charge in [-0.05, 0) is 30.3 Å². The maximum Gasteiger partial charge on any atom is 0.414 e. The van der Waals surface area contributed by atoms with Crippen molar-refractivity contribution < 1.29 is 28.6 Å². The van der Waals surface area contributed by atoms with E-state index in [1.165, 1.54) is 42.5 Å². The van der Waals surface area contributed by atoms with Crippen LogP contribution in [0.1, 0.15) is 21.5 Å². The van der Waals surface area contributed by atoms with Crippen molar-refractivity contribution in [1.29, 1.82) is 0 Å². The molecular formula is C24H17ClF2N4O4. The van der Waals surface area contributed by atoms with Crippen LogP contribution in [-0.2, 0) is 5.72 Å². The number of carbonyl (C=O) groups is 2. The average Bonchev–Trinajstić information content (AvgIpc) is 3.36. The Bertz CT molecular complexity index is 1490. The fourth-order valence-corrected chi connectivity index (χ4v) is 4.48. The van der Waals surface area contributed by atoms with Gasteiger partial charge in [0, 0.05) is 16.7 Å². The summed E-state index contributed by atoms with van der Waals surface area (Å²) >= 11 is 5.96. The molecule has 2 amide bonds. The molecule has 0 bridgehead atoms. The van der Waals surface area contributed by atoms with Crippen molar-refractivity contribution in [2.75, 3.05) is 23.0 Å². The van der Waals surface area contributed by atoms with Crippen LogP contribution in [0.3, 0.4) is 0 Å². The van der Waals surface area contributed by atoms with Gasteiger partial charge in [0.15, 0.2) is 11.5 Å². The number of aromatic amines is 1. The minimum atomic E-state index is -2.12. The van der Waals surface area contributed by atoms with Crippen LogP contribution < -0.4 is 9.80 Å². The highest BCUT2D eigenvalue weighted by Crippen LogP contribution is 2.46. The Morgan fingerprint density at radius 1 is 1.17 bits per heavy atom. The van der Waals surface area contributed by atoms with E-state index in [1.54, 1.807) is 18.2 Å². The van der Waals surface area contributed by atoms with Gasteiger partial charge in [0.05, 0.1) is 28.3 Å². The van der Waals surface area contributed by atoms with Gasteiger partial charge >= 0.3 is 6.09 Å². The van der Waals surface area contributed by atoms with Crippen LogP contribution in [0.5, 0.6) is 0 Å². The van der Waals surface area contributed by atoms with Gasteiger partial charge in [0.25, 0.3) is 5.91 Å². The number of carboxylic acid groups (broad SMARTS) is 1. The third-order valence-electron chi connectivity index (χ3n) is 5.90. The topological polar surface area (TPSA) is 110 Å². The molecule has 2 heterocycles. The number of alkyl halides is 1. The standard InChI is InChI=1S/C24H17ClF2N4O4/c25-16-6-3-7-19(20(16)27)31-21(32)14-4-1-2-5-15(14)24(31,35)13-8-9-17-18(12-13)29-22(28-17)30(11-10-26)23(33)34/h1-9,12,35H,10-11H2,(H,28,29)(H,33,34). The molecule has 3 aromatic carbocycles. The van der Waals surface area contributed by atoms with Gasteiger partial charge in [-0.1, -0.05) is 41.9 Å². The number of halogens is 3. The number of carbonyl (C=O) groups excluding carboxylic acids is 1. The Hall–Kier alpha value is -4.02. The molecule has 5 rings (SSSR count). The average molecular weight is 499 g/mol. The van der Waals surface area contributed by atoms with Crippen LogP contribution in [0.15, 0.2) is 60.7 Å². The van der Waals surface area contributed by atoms with Crippen molar-refractivity contribution in [1.82, 2.24) is 9.97 Å². The second-order valence-electron chi connectivity index (χ2n) is 7.85. The third-order valence-corrected chi connectivity index (χ3v) is 6.19. The molecule has 0 saturated carbocycles. The van der Waals surface area contributed by atoms with E-state index in [-0.39, 0.29) is 33.3 Å². The lowest BCUT2D eigenvalue weighted by Crippen LogP contribution is -2.45. The van der Waals surface area contributed by atoms with E-state index in [0.29, 0.717) is 11.0 Å². The first kappa shape index (κ1) is 22.8. The summed E-state index contributed by atoms with van der Waals surface area (Å²) in [4.78, 5) is 33.5. The molecule has 1 aliphatic heterocycles. The normalized spacial score (nSPS) is 17.1. The van der Waals surface area contributed by atoms with Gasteiger partial charge in [0.2, 0.25) is 5.95 Å². The van der Waals surface area contributed by atoms with Crippen molar-refractivity contribution in [3.05, 3.63) is 88.2 Å². The number of rotatable bonds is 5. The first-order valence-corrected chi connectivity index (χ1v) is 10.8. The van der Waals surface area contributed by atoms with Crippen molar-refractivity contribution in [2.45, 2.75) is 5.72 Å². The number of aromatic nitrogens is 2. The molecule has 0 fully saturated rings. The third kappa shape index (κ3) is 3.41. The molecule has 11 heteroatoms. The number of aliphatic hydroxyl groups is 1. The smallest absolute Gasteiger partial charge is 0.414 e. The molecule has 178 valence electrons. The van der Waals surface area contributed by atoms with Crippen molar-refractivity contribution in [3.8, 4) is 0 Å². The molecule has 8 nitrogen and oxygen atoms in total. The Balaban J connectivity index is 1.70. The molecule has 1 aliphatic rings. The summed E-state index contributed by atoms with van der Waals surface area (Å²) in [7, 11) is 0. The van der Waals surface area contributed by atoms with Gasteiger partial charge in [-0.15, -0.1) is 0 Å². The SMILES string of the molecule is O=C(O)N(CCF)c1nc2ccc(C3(O)c4ccccc4C(=O)N3c3cccc(Cl)c3F)cc2[nH]1. The van der Waals surface area contributed by atoms with Crippen LogP contribution in [-0.4, -0.2) is 45.4 Å². The van der Waals surface area contributed by atoms with E-state index < -0.39 is 36.8 Å². The molecule has 4 aromatic rings. The van der Waals surface area contributed by atoms with E-state index in [2.05, 4.69) is 9.97 Å². The number of anilines is 2. The number of hydrogen-bond donors (Lipinski definition) is 3. The zero-order valence-corrected chi connectivity index (χ0v) is 18.6. The second kappa shape index (κ2) is 8.33. The Morgan fingerprint density at radius 2 is 1.94 bits per heavy atom. The number of imidazole rings is 1. The highest BCUT2D eigenvalue weighted by Gasteiger charge is 2.51. The first-order chi connectivity index (χ1) is 16.8. The summed E-state index contributed by atoms with van der Waals surface area (Å²) < 4.78 is 27.9. The molecule has 1 atom stereocenters. The zero-order chi connectivity index (χ0) is 24.9. The van der Waals surface area contributed by atoms with E-state index in [0.717, 1.165) is 9.80 Å². The van der Waals surface area contributed by atoms with E-state index in [1.807, 2.05) is 0 Å². The summed E-state index contributed by atoms with van der Waals surface area (Å²) in [6.45, 7) is -1.33. The fraction of sp³-hybridized carbons (Fsp3) is 0.125. The number of nitrogens with zero attached hydrogens (tertiary/aromatic N) is 3. The van der Waals surface area contributed by atoms with Gasteiger partial charge in [-0.2, -0.15) is 0 Å². The Kier molecular flexibility index (Phi) is 5.42. The highest BCUT2D eigenvalue weighted by atomic mass is 35.5. The highest BCUT2D eigenvalue weighted by molar-refractivity contribution is 6.31. The Morgan fingerprint density at radius 3 is 2.69 bits per heavy atom. The number of benzene rings is 3. The summed E-state index contributed by atoms with van der Waals surface area (Å²) in [5, 5.41) is 21.2. The number of nitrogens with one attached hydrogen (secondary N) is 1. The molecular weight excluding hydrogens is 482 g/mol. The molecule has 1 aromatic heterocycles. The van der Waals surface area contributed by atoms with Crippen LogP contribution in [0.4, 0.5) is 25.2 Å². The summed E-state index contributed by atoms with van der Waals surface area (Å²) in [5.74, 6) is -1.61. The maximum atomic E-state index is 15.1. The van der Waals surface area contributed by atoms with Crippen LogP contribution >= 0.6 is 11.6 Å². The van der Waals surface area contributed by atoms with Gasteiger partial charge in [-0.25, -0.2) is 23.5 Å². The minimum absolute atomic E-state index is 0.102. The molecule has 0 aliphatic carbocycles. The fourth-order valence-electron chi connectivity index (χ4n) is 4.31. The monoisotopic (exact) mass is 498 g/mol. The maximum absolute atomic E-state index is 15.1. The minimum Gasteiger partial charge on any atom is -0.465 e. The van der Waals surface area contributed by atoms with Gasteiger partial charge in [-0.3, -0.25) is 9.69 Å². The van der Waals surface area contributed by atoms with Gasteiger partial charge < -0.3 is 15.2 Å². The first-order valence-electron chi connectivity index (χ1n) is 10.4. The van der Waals surface area contributed by atoms with Crippen LogP contribution in [0.2, 0.25) is 5.02 Å². The lowest BCUT2D eigenvalue weighted by atomic mass is 9.93. The van der Waals surface area contributed by atoms with E-state index in [4.69, 9.17) is 11.6 Å². The summed E-state index contributed by atoms with van der Waals surface area (Å²) in [5.41, 5.74) is -1.08. The quantitative estimate of drug-likeness (QED) is 0.370. The van der Waals surface area contributed by atoms with Gasteiger partial charge in [0.1, 0.15) is 6.67 Å². The summed E-state index contributed by atoms with van der Waals surface area (Å²) in [6.07, 6.45) is -1.39. The zero-order valence-electron chi connectivity index (χ0n) is 17.9. The second-order valence-corrected chi connectivity index (χ2v) is 8.25. The number of hydrogen-bond acceptors (Lipinski definition) is 4. The molecule has 1 unspecified atom stereocenters. The van der Waals surface area contributed by atoms with E-state index >= 15 is 4.39 Å². The van der Waals surface area contributed by atoms with Crippen molar-refractivity contribution in [3.63, 3.8) is 0 Å². The largest absolute Gasteiger partial charge is 0.465 e. The van der Waals surface area contributed by atoms with Crippen LogP contribution in [0, 0.1) is 5.82 Å².